The van der Waals surface area contributed by atoms with Gasteiger partial charge in [0.2, 0.25) is 5.91 Å². The number of aliphatic hydroxyl groups is 2. The van der Waals surface area contributed by atoms with Crippen LogP contribution >= 0.6 is 0 Å². The highest BCUT2D eigenvalue weighted by molar-refractivity contribution is 5.78. The second-order valence-electron chi connectivity index (χ2n) is 5.65. The maximum Gasteiger partial charge on any atom is 0.222 e. The first kappa shape index (κ1) is 19.4. The van der Waals surface area contributed by atoms with Gasteiger partial charge in [0, 0.05) is 13.0 Å². The molecular formula is C16H33NO3. The molecule has 0 heterocycles. The van der Waals surface area contributed by atoms with Crippen molar-refractivity contribution in [2.75, 3.05) is 13.7 Å². The van der Waals surface area contributed by atoms with E-state index >= 15 is 0 Å². The molecular weight excluding hydrogens is 254 g/mol. The maximum absolute atomic E-state index is 11.7. The summed E-state index contributed by atoms with van der Waals surface area (Å²) >= 11 is 0. The summed E-state index contributed by atoms with van der Waals surface area (Å²) in [7, 11) is 1.62. The highest BCUT2D eigenvalue weighted by atomic mass is 16.3. The van der Waals surface area contributed by atoms with Gasteiger partial charge in [0.25, 0.3) is 0 Å². The van der Waals surface area contributed by atoms with Crippen LogP contribution in [0.25, 0.3) is 0 Å². The Morgan fingerprint density at radius 3 is 2.10 bits per heavy atom. The van der Waals surface area contributed by atoms with Gasteiger partial charge in [-0.25, -0.2) is 0 Å². The van der Waals surface area contributed by atoms with Gasteiger partial charge in [-0.15, -0.1) is 0 Å². The zero-order valence-electron chi connectivity index (χ0n) is 13.2. The van der Waals surface area contributed by atoms with Crippen LogP contribution in [-0.2, 0) is 4.79 Å². The van der Waals surface area contributed by atoms with Gasteiger partial charge in [0.05, 0.1) is 12.7 Å². The normalized spacial score (nSPS) is 14.0. The van der Waals surface area contributed by atoms with Crippen molar-refractivity contribution in [3.8, 4) is 0 Å². The molecule has 0 bridgehead atoms. The predicted octanol–water partition coefficient (Wildman–Crippen LogP) is 2.62. The fourth-order valence-corrected chi connectivity index (χ4v) is 2.49. The van der Waals surface area contributed by atoms with E-state index in [4.69, 9.17) is 5.11 Å². The first-order valence-electron chi connectivity index (χ1n) is 8.16. The molecule has 1 amide bonds. The number of rotatable bonds is 13. The van der Waals surface area contributed by atoms with E-state index in [9.17, 15) is 9.90 Å². The SMILES string of the molecule is CCCCCCCCCCC(CC(O)CO)C(=O)NC. The molecule has 0 spiro atoms. The van der Waals surface area contributed by atoms with Crippen LogP contribution < -0.4 is 5.32 Å². The maximum atomic E-state index is 11.7. The molecule has 0 aromatic carbocycles. The van der Waals surface area contributed by atoms with Crippen molar-refractivity contribution in [2.45, 2.75) is 77.2 Å². The van der Waals surface area contributed by atoms with E-state index in [0.717, 1.165) is 19.3 Å². The summed E-state index contributed by atoms with van der Waals surface area (Å²) in [4.78, 5) is 11.7. The van der Waals surface area contributed by atoms with Crippen LogP contribution in [0.1, 0.15) is 71.1 Å². The van der Waals surface area contributed by atoms with Gasteiger partial charge in [0.15, 0.2) is 0 Å². The molecule has 20 heavy (non-hydrogen) atoms. The van der Waals surface area contributed by atoms with Gasteiger partial charge >= 0.3 is 0 Å². The Balaban J connectivity index is 3.71. The van der Waals surface area contributed by atoms with E-state index in [1.54, 1.807) is 7.05 Å². The predicted molar refractivity (Wildman–Crippen MR) is 82.5 cm³/mol. The van der Waals surface area contributed by atoms with Crippen molar-refractivity contribution in [1.82, 2.24) is 5.32 Å². The van der Waals surface area contributed by atoms with Crippen LogP contribution in [-0.4, -0.2) is 35.9 Å². The second kappa shape index (κ2) is 13.4. The Kier molecular flexibility index (Phi) is 13.0. The number of nitrogens with one attached hydrogen (secondary N) is 1. The Morgan fingerprint density at radius 1 is 1.05 bits per heavy atom. The largest absolute Gasteiger partial charge is 0.394 e. The van der Waals surface area contributed by atoms with Gasteiger partial charge in [0.1, 0.15) is 0 Å². The average Bonchev–Trinajstić information content (AvgIpc) is 2.47. The number of carbonyl (C=O) groups excluding carboxylic acids is 1. The Labute approximate surface area is 124 Å². The van der Waals surface area contributed by atoms with Crippen molar-refractivity contribution >= 4 is 5.91 Å². The van der Waals surface area contributed by atoms with E-state index in [0.29, 0.717) is 6.42 Å². The molecule has 2 unspecified atom stereocenters. The smallest absolute Gasteiger partial charge is 0.222 e. The highest BCUT2D eigenvalue weighted by Crippen LogP contribution is 2.17. The molecule has 4 heteroatoms. The number of carbonyl (C=O) groups is 1. The minimum atomic E-state index is -0.786. The zero-order chi connectivity index (χ0) is 15.2. The van der Waals surface area contributed by atoms with Crippen LogP contribution in [0.2, 0.25) is 0 Å². The number of aliphatic hydroxyl groups excluding tert-OH is 2. The molecule has 120 valence electrons. The molecule has 0 radical (unpaired) electrons. The van der Waals surface area contributed by atoms with E-state index in [-0.39, 0.29) is 18.4 Å². The molecule has 0 aliphatic rings. The first-order valence-corrected chi connectivity index (χ1v) is 8.16. The fraction of sp³-hybridized carbons (Fsp3) is 0.938. The zero-order valence-corrected chi connectivity index (χ0v) is 13.2. The number of amides is 1. The summed E-state index contributed by atoms with van der Waals surface area (Å²) < 4.78 is 0. The van der Waals surface area contributed by atoms with Gasteiger partial charge in [-0.3, -0.25) is 4.79 Å². The van der Waals surface area contributed by atoms with Crippen LogP contribution in [0.3, 0.4) is 0 Å². The first-order chi connectivity index (χ1) is 9.65. The fourth-order valence-electron chi connectivity index (χ4n) is 2.49. The molecule has 0 saturated heterocycles. The second-order valence-corrected chi connectivity index (χ2v) is 5.65. The third kappa shape index (κ3) is 10.2. The summed E-state index contributed by atoms with van der Waals surface area (Å²) in [5.41, 5.74) is 0. The van der Waals surface area contributed by atoms with Crippen molar-refractivity contribution in [3.63, 3.8) is 0 Å². The summed E-state index contributed by atoms with van der Waals surface area (Å²) in [6, 6.07) is 0. The Bertz CT molecular complexity index is 234. The number of hydrogen-bond acceptors (Lipinski definition) is 3. The summed E-state index contributed by atoms with van der Waals surface area (Å²) in [6.07, 6.45) is 10.3. The van der Waals surface area contributed by atoms with E-state index in [2.05, 4.69) is 12.2 Å². The Hall–Kier alpha value is -0.610. The molecule has 0 aliphatic carbocycles. The molecule has 0 fully saturated rings. The van der Waals surface area contributed by atoms with Gasteiger partial charge in [-0.05, 0) is 12.8 Å². The van der Waals surface area contributed by atoms with E-state index in [1.165, 1.54) is 38.5 Å². The standard InChI is InChI=1S/C16H33NO3/c1-3-4-5-6-7-8-9-10-11-14(16(20)17-2)12-15(19)13-18/h14-15,18-19H,3-13H2,1-2H3,(H,17,20). The molecule has 0 rings (SSSR count). The van der Waals surface area contributed by atoms with Crippen LogP contribution in [0.15, 0.2) is 0 Å². The molecule has 0 aliphatic heterocycles. The minimum absolute atomic E-state index is 0.0274. The third-order valence-electron chi connectivity index (χ3n) is 3.79. The van der Waals surface area contributed by atoms with Gasteiger partial charge < -0.3 is 15.5 Å². The lowest BCUT2D eigenvalue weighted by molar-refractivity contribution is -0.126. The van der Waals surface area contributed by atoms with Crippen molar-refractivity contribution in [1.29, 1.82) is 0 Å². The summed E-state index contributed by atoms with van der Waals surface area (Å²) in [6.45, 7) is 1.95. The highest BCUT2D eigenvalue weighted by Gasteiger charge is 2.20. The van der Waals surface area contributed by atoms with Crippen molar-refractivity contribution in [2.24, 2.45) is 5.92 Å². The average molecular weight is 287 g/mol. The minimum Gasteiger partial charge on any atom is -0.394 e. The van der Waals surface area contributed by atoms with Crippen molar-refractivity contribution < 1.29 is 15.0 Å². The molecule has 0 aromatic rings. The molecule has 3 N–H and O–H groups in total. The van der Waals surface area contributed by atoms with E-state index in [1.807, 2.05) is 0 Å². The summed E-state index contributed by atoms with van der Waals surface area (Å²) in [5.74, 6) is -0.206. The summed E-state index contributed by atoms with van der Waals surface area (Å²) in [5, 5.41) is 21.0. The third-order valence-corrected chi connectivity index (χ3v) is 3.79. The molecule has 4 nitrogen and oxygen atoms in total. The van der Waals surface area contributed by atoms with Crippen molar-refractivity contribution in [3.05, 3.63) is 0 Å². The number of hydrogen-bond donors (Lipinski definition) is 3. The van der Waals surface area contributed by atoms with Gasteiger partial charge in [-0.1, -0.05) is 58.3 Å². The lowest BCUT2D eigenvalue weighted by atomic mass is 9.94. The lowest BCUT2D eigenvalue weighted by Gasteiger charge is -2.17. The monoisotopic (exact) mass is 287 g/mol. The van der Waals surface area contributed by atoms with Gasteiger partial charge in [-0.2, -0.15) is 0 Å². The number of unbranched alkanes of at least 4 members (excludes halogenated alkanes) is 7. The van der Waals surface area contributed by atoms with E-state index < -0.39 is 6.10 Å². The molecule has 2 atom stereocenters. The van der Waals surface area contributed by atoms with Crippen LogP contribution in [0.4, 0.5) is 0 Å². The van der Waals surface area contributed by atoms with Crippen LogP contribution in [0.5, 0.6) is 0 Å². The lowest BCUT2D eigenvalue weighted by Crippen LogP contribution is -2.31. The Morgan fingerprint density at radius 2 is 1.60 bits per heavy atom. The molecule has 0 saturated carbocycles. The quantitative estimate of drug-likeness (QED) is 0.456. The topological polar surface area (TPSA) is 69.6 Å². The van der Waals surface area contributed by atoms with Crippen LogP contribution in [0, 0.1) is 5.92 Å². The molecule has 0 aromatic heterocycles.